The summed E-state index contributed by atoms with van der Waals surface area (Å²) in [7, 11) is 0.285. The first-order chi connectivity index (χ1) is 15.9. The molecule has 4 amide bonds. The van der Waals surface area contributed by atoms with Crippen LogP contribution in [0.3, 0.4) is 0 Å². The molecule has 0 bridgehead atoms. The number of carbonyl (C=O) groups is 4. The average molecular weight is 509 g/mol. The van der Waals surface area contributed by atoms with Crippen LogP contribution in [0.4, 0.5) is 9.80 Å². The first-order valence-corrected chi connectivity index (χ1v) is 12.3. The van der Waals surface area contributed by atoms with Gasteiger partial charge in [-0.3, -0.25) is 19.7 Å². The molecule has 13 heteroatoms. The molecular formula is C21H24N4O7S2. The topological polar surface area (TPSA) is 142 Å². The van der Waals surface area contributed by atoms with Crippen LogP contribution < -0.4 is 10.6 Å². The minimum atomic E-state index is -3.65. The highest BCUT2D eigenvalue weighted by Crippen LogP contribution is 2.37. The van der Waals surface area contributed by atoms with E-state index in [1.54, 1.807) is 4.90 Å². The number of ether oxygens (including phenoxy) is 1. The molecular weight excluding hydrogens is 484 g/mol. The summed E-state index contributed by atoms with van der Waals surface area (Å²) in [5.41, 5.74) is 0.953. The number of anilines is 1. The largest absolute Gasteiger partial charge is 0.453 e. The molecule has 2 N–H and O–H groups in total. The number of thiophene rings is 1. The van der Waals surface area contributed by atoms with Gasteiger partial charge in [0.2, 0.25) is 15.9 Å². The van der Waals surface area contributed by atoms with E-state index in [-0.39, 0.29) is 33.5 Å². The molecule has 11 nitrogen and oxygen atoms in total. The SMILES string of the molecule is COC(=O)NC(=O)c1c(NC(=O)c2ccc(S(=O)(=O)N(C)C)cc2)sc2c1CCN(C(C)=O)C2. The van der Waals surface area contributed by atoms with Gasteiger partial charge >= 0.3 is 6.09 Å². The normalized spacial score (nSPS) is 13.3. The Bertz CT molecular complexity index is 1250. The van der Waals surface area contributed by atoms with E-state index in [1.807, 2.05) is 0 Å². The van der Waals surface area contributed by atoms with Gasteiger partial charge in [-0.15, -0.1) is 11.3 Å². The number of nitrogens with zero attached hydrogens (tertiary/aromatic N) is 2. The van der Waals surface area contributed by atoms with Gasteiger partial charge < -0.3 is 15.0 Å². The van der Waals surface area contributed by atoms with Crippen molar-refractivity contribution >= 4 is 50.2 Å². The van der Waals surface area contributed by atoms with Crippen molar-refractivity contribution in [3.05, 3.63) is 45.8 Å². The lowest BCUT2D eigenvalue weighted by atomic mass is 10.0. The first kappa shape index (κ1) is 25.3. The molecule has 34 heavy (non-hydrogen) atoms. The number of rotatable bonds is 5. The number of amides is 4. The minimum absolute atomic E-state index is 0.0307. The Kier molecular flexibility index (Phi) is 7.38. The van der Waals surface area contributed by atoms with E-state index in [9.17, 15) is 27.6 Å². The summed E-state index contributed by atoms with van der Waals surface area (Å²) in [6.07, 6.45) is -0.566. The van der Waals surface area contributed by atoms with Crippen molar-refractivity contribution in [1.82, 2.24) is 14.5 Å². The highest BCUT2D eigenvalue weighted by molar-refractivity contribution is 7.89. The van der Waals surface area contributed by atoms with E-state index < -0.39 is 27.9 Å². The fourth-order valence-electron chi connectivity index (χ4n) is 3.37. The minimum Gasteiger partial charge on any atom is -0.453 e. The van der Waals surface area contributed by atoms with E-state index in [4.69, 9.17) is 0 Å². The highest BCUT2D eigenvalue weighted by Gasteiger charge is 2.30. The predicted molar refractivity (Wildman–Crippen MR) is 124 cm³/mol. The lowest BCUT2D eigenvalue weighted by Gasteiger charge is -2.25. The van der Waals surface area contributed by atoms with Crippen LogP contribution in [0.5, 0.6) is 0 Å². The van der Waals surface area contributed by atoms with Gasteiger partial charge in [-0.1, -0.05) is 0 Å². The van der Waals surface area contributed by atoms with Gasteiger partial charge in [0.15, 0.2) is 0 Å². The molecule has 2 heterocycles. The summed E-state index contributed by atoms with van der Waals surface area (Å²) in [4.78, 5) is 51.5. The van der Waals surface area contributed by atoms with Crippen molar-refractivity contribution in [1.29, 1.82) is 0 Å². The summed E-state index contributed by atoms with van der Waals surface area (Å²) in [6, 6.07) is 5.37. The molecule has 3 rings (SSSR count). The number of hydrogen-bond acceptors (Lipinski definition) is 8. The second-order valence-corrected chi connectivity index (χ2v) is 10.9. The molecule has 0 radical (unpaired) electrons. The second-order valence-electron chi connectivity index (χ2n) is 7.61. The fourth-order valence-corrected chi connectivity index (χ4v) is 5.53. The van der Waals surface area contributed by atoms with E-state index in [0.29, 0.717) is 18.5 Å². The van der Waals surface area contributed by atoms with Crippen molar-refractivity contribution in [2.24, 2.45) is 0 Å². The molecule has 0 spiro atoms. The van der Waals surface area contributed by atoms with Crippen molar-refractivity contribution in [2.75, 3.05) is 33.1 Å². The van der Waals surface area contributed by atoms with Crippen molar-refractivity contribution in [3.8, 4) is 0 Å². The molecule has 0 atom stereocenters. The molecule has 2 aromatic rings. The van der Waals surface area contributed by atoms with Gasteiger partial charge in [0.25, 0.3) is 11.8 Å². The predicted octanol–water partition coefficient (Wildman–Crippen LogP) is 1.65. The van der Waals surface area contributed by atoms with Crippen molar-refractivity contribution < 1.29 is 32.3 Å². The third-order valence-corrected chi connectivity index (χ3v) is 8.21. The van der Waals surface area contributed by atoms with Crippen LogP contribution in [0.25, 0.3) is 0 Å². The second kappa shape index (κ2) is 9.91. The summed E-state index contributed by atoms with van der Waals surface area (Å²) < 4.78 is 30.0. The Labute approximate surface area is 200 Å². The van der Waals surface area contributed by atoms with Crippen LogP contribution in [0, 0.1) is 0 Å². The third kappa shape index (κ3) is 5.11. The van der Waals surface area contributed by atoms with E-state index in [2.05, 4.69) is 15.4 Å². The van der Waals surface area contributed by atoms with Crippen LogP contribution in [0.15, 0.2) is 29.2 Å². The Morgan fingerprint density at radius 1 is 1.09 bits per heavy atom. The number of alkyl carbamates (subject to hydrolysis) is 1. The summed E-state index contributed by atoms with van der Waals surface area (Å²) in [6.45, 7) is 2.12. The number of benzene rings is 1. The molecule has 0 saturated heterocycles. The van der Waals surface area contributed by atoms with Gasteiger partial charge in [-0.05, 0) is 36.2 Å². The molecule has 0 aliphatic carbocycles. The van der Waals surface area contributed by atoms with Crippen LogP contribution >= 0.6 is 11.3 Å². The lowest BCUT2D eigenvalue weighted by Crippen LogP contribution is -2.35. The van der Waals surface area contributed by atoms with Gasteiger partial charge in [-0.25, -0.2) is 17.5 Å². The van der Waals surface area contributed by atoms with Crippen LogP contribution in [0.2, 0.25) is 0 Å². The number of hydrogen-bond donors (Lipinski definition) is 2. The molecule has 1 aliphatic rings. The maximum absolute atomic E-state index is 12.9. The van der Waals surface area contributed by atoms with E-state index >= 15 is 0 Å². The number of carbonyl (C=O) groups excluding carboxylic acids is 4. The maximum Gasteiger partial charge on any atom is 0.413 e. The number of fused-ring (bicyclic) bond motifs is 1. The standard InChI is InChI=1S/C21H24N4O7S2/c1-12(26)25-10-9-15-16(11-25)33-20(17(15)19(28)23-21(29)32-4)22-18(27)13-5-7-14(8-6-13)34(30,31)24(2)3/h5-8H,9-11H2,1-4H3,(H,22,27)(H,23,28,29). The molecule has 1 aromatic heterocycles. The summed E-state index contributed by atoms with van der Waals surface area (Å²) in [5.74, 6) is -1.41. The van der Waals surface area contributed by atoms with E-state index in [1.165, 1.54) is 45.3 Å². The maximum atomic E-state index is 12.9. The molecule has 0 unspecified atom stereocenters. The quantitative estimate of drug-likeness (QED) is 0.625. The zero-order valence-corrected chi connectivity index (χ0v) is 20.6. The fraction of sp³-hybridized carbons (Fsp3) is 0.333. The summed E-state index contributed by atoms with van der Waals surface area (Å²) >= 11 is 1.14. The zero-order chi connectivity index (χ0) is 25.2. The van der Waals surface area contributed by atoms with Crippen LogP contribution in [0.1, 0.15) is 38.1 Å². The van der Waals surface area contributed by atoms with Crippen LogP contribution in [-0.4, -0.2) is 69.2 Å². The Balaban J connectivity index is 1.92. The molecule has 0 saturated carbocycles. The lowest BCUT2D eigenvalue weighted by molar-refractivity contribution is -0.129. The van der Waals surface area contributed by atoms with Crippen molar-refractivity contribution in [2.45, 2.75) is 24.8 Å². The first-order valence-electron chi connectivity index (χ1n) is 10.1. The summed E-state index contributed by atoms with van der Waals surface area (Å²) in [5, 5.41) is 5.01. The van der Waals surface area contributed by atoms with Gasteiger partial charge in [0, 0.05) is 38.0 Å². The number of methoxy groups -OCH3 is 1. The molecule has 182 valence electrons. The Morgan fingerprint density at radius 3 is 2.29 bits per heavy atom. The average Bonchev–Trinajstić information content (AvgIpc) is 3.15. The third-order valence-electron chi connectivity index (χ3n) is 5.25. The van der Waals surface area contributed by atoms with Crippen LogP contribution in [-0.2, 0) is 32.5 Å². The van der Waals surface area contributed by atoms with Gasteiger partial charge in [-0.2, -0.15) is 0 Å². The van der Waals surface area contributed by atoms with Gasteiger partial charge in [0.1, 0.15) is 5.00 Å². The molecule has 0 fully saturated rings. The number of imide groups is 1. The van der Waals surface area contributed by atoms with Gasteiger partial charge in [0.05, 0.1) is 24.1 Å². The monoisotopic (exact) mass is 508 g/mol. The Hall–Kier alpha value is -3.29. The number of nitrogens with one attached hydrogen (secondary N) is 2. The Morgan fingerprint density at radius 2 is 1.74 bits per heavy atom. The van der Waals surface area contributed by atoms with E-state index in [0.717, 1.165) is 27.6 Å². The highest BCUT2D eigenvalue weighted by atomic mass is 32.2. The molecule has 1 aromatic carbocycles. The zero-order valence-electron chi connectivity index (χ0n) is 19.0. The smallest absolute Gasteiger partial charge is 0.413 e. The van der Waals surface area contributed by atoms with Crippen molar-refractivity contribution in [3.63, 3.8) is 0 Å². The molecule has 1 aliphatic heterocycles. The number of sulfonamides is 1.